The van der Waals surface area contributed by atoms with E-state index >= 15 is 0 Å². The Hall–Kier alpha value is -3.34. The van der Waals surface area contributed by atoms with Gasteiger partial charge in [-0.2, -0.15) is 0 Å². The Balaban J connectivity index is 1.32. The quantitative estimate of drug-likeness (QED) is 0.509. The molecule has 4 rings (SSSR count). The van der Waals surface area contributed by atoms with E-state index < -0.39 is 0 Å². The van der Waals surface area contributed by atoms with Gasteiger partial charge in [0.15, 0.2) is 0 Å². The van der Waals surface area contributed by atoms with Gasteiger partial charge < -0.3 is 15.4 Å². The molecule has 1 aliphatic heterocycles. The molecule has 2 aromatic carbocycles. The predicted molar refractivity (Wildman–Crippen MR) is 123 cm³/mol. The molecular weight excluding hydrogens is 386 g/mol. The standard InChI is InChI=1S/C26H29N3O2/c1-26(14-6-5-9-20-7-3-2-4-8-20)19-31-24-11-10-22(17-23(24)29-26)25(30)28-18-21-12-15-27-16-13-21/h2-4,7-8,10-13,15-17,29H,5-6,9,14,18-19H2,1H3,(H,28,30). The van der Waals surface area contributed by atoms with E-state index in [9.17, 15) is 4.79 Å². The van der Waals surface area contributed by atoms with Gasteiger partial charge in [0.25, 0.3) is 5.91 Å². The molecule has 0 spiro atoms. The second-order valence-corrected chi connectivity index (χ2v) is 8.42. The number of carbonyl (C=O) groups is 1. The zero-order valence-corrected chi connectivity index (χ0v) is 17.9. The molecule has 31 heavy (non-hydrogen) atoms. The Bertz CT molecular complexity index is 1010. The van der Waals surface area contributed by atoms with E-state index in [1.807, 2.05) is 30.3 Å². The highest BCUT2D eigenvalue weighted by Gasteiger charge is 2.30. The highest BCUT2D eigenvalue weighted by atomic mass is 16.5. The Kier molecular flexibility index (Phi) is 6.51. The molecule has 1 amide bonds. The molecule has 0 saturated carbocycles. The molecule has 0 fully saturated rings. The summed E-state index contributed by atoms with van der Waals surface area (Å²) in [5.74, 6) is 0.698. The maximum atomic E-state index is 12.6. The fourth-order valence-electron chi connectivity index (χ4n) is 3.90. The van der Waals surface area contributed by atoms with Gasteiger partial charge in [-0.05, 0) is 67.6 Å². The van der Waals surface area contributed by atoms with Crippen molar-refractivity contribution in [3.8, 4) is 5.75 Å². The normalized spacial score (nSPS) is 17.2. The van der Waals surface area contributed by atoms with Crippen LogP contribution in [-0.4, -0.2) is 23.0 Å². The molecule has 2 N–H and O–H groups in total. The van der Waals surface area contributed by atoms with Crippen LogP contribution >= 0.6 is 0 Å². The third-order valence-electron chi connectivity index (χ3n) is 5.71. The van der Waals surface area contributed by atoms with Crippen molar-refractivity contribution in [3.05, 3.63) is 89.7 Å². The van der Waals surface area contributed by atoms with E-state index in [2.05, 4.69) is 52.9 Å². The van der Waals surface area contributed by atoms with Crippen LogP contribution in [0, 0.1) is 0 Å². The van der Waals surface area contributed by atoms with E-state index in [1.54, 1.807) is 12.4 Å². The topological polar surface area (TPSA) is 63.2 Å². The van der Waals surface area contributed by atoms with Crippen molar-refractivity contribution < 1.29 is 9.53 Å². The average Bonchev–Trinajstić information content (AvgIpc) is 2.81. The molecule has 2 heterocycles. The lowest BCUT2D eigenvalue weighted by molar-refractivity contribution is 0.0950. The van der Waals surface area contributed by atoms with Crippen LogP contribution in [0.2, 0.25) is 0 Å². The van der Waals surface area contributed by atoms with Gasteiger partial charge in [0.2, 0.25) is 0 Å². The molecule has 5 heteroatoms. The molecule has 160 valence electrons. The van der Waals surface area contributed by atoms with Gasteiger partial charge in [0.05, 0.1) is 11.2 Å². The van der Waals surface area contributed by atoms with E-state index in [0.29, 0.717) is 18.7 Å². The fraction of sp³-hybridized carbons (Fsp3) is 0.308. The summed E-state index contributed by atoms with van der Waals surface area (Å²) in [7, 11) is 0. The number of amides is 1. The maximum Gasteiger partial charge on any atom is 0.251 e. The summed E-state index contributed by atoms with van der Waals surface area (Å²) in [5, 5.41) is 6.59. The lowest BCUT2D eigenvalue weighted by Gasteiger charge is -2.37. The summed E-state index contributed by atoms with van der Waals surface area (Å²) in [6, 6.07) is 20.0. The molecule has 1 atom stereocenters. The first kappa shape index (κ1) is 20.9. The average molecular weight is 416 g/mol. The minimum absolute atomic E-state index is 0.100. The van der Waals surface area contributed by atoms with Gasteiger partial charge in [-0.1, -0.05) is 36.8 Å². The smallest absolute Gasteiger partial charge is 0.251 e. The zero-order chi connectivity index (χ0) is 21.5. The molecule has 0 saturated heterocycles. The zero-order valence-electron chi connectivity index (χ0n) is 17.9. The van der Waals surface area contributed by atoms with Crippen LogP contribution in [0.1, 0.15) is 47.7 Å². The second-order valence-electron chi connectivity index (χ2n) is 8.42. The third-order valence-corrected chi connectivity index (χ3v) is 5.71. The number of fused-ring (bicyclic) bond motifs is 1. The molecular formula is C26H29N3O2. The van der Waals surface area contributed by atoms with Crippen molar-refractivity contribution in [2.45, 2.75) is 44.7 Å². The van der Waals surface area contributed by atoms with Gasteiger partial charge >= 0.3 is 0 Å². The van der Waals surface area contributed by atoms with Crippen molar-refractivity contribution >= 4 is 11.6 Å². The number of anilines is 1. The number of aromatic nitrogens is 1. The largest absolute Gasteiger partial charge is 0.489 e. The van der Waals surface area contributed by atoms with Crippen molar-refractivity contribution in [2.75, 3.05) is 11.9 Å². The van der Waals surface area contributed by atoms with Crippen LogP contribution in [0.15, 0.2) is 73.1 Å². The third kappa shape index (κ3) is 5.63. The van der Waals surface area contributed by atoms with Gasteiger partial charge in [0, 0.05) is 24.5 Å². The lowest BCUT2D eigenvalue weighted by atomic mass is 9.92. The number of hydrogen-bond donors (Lipinski definition) is 2. The van der Waals surface area contributed by atoms with Crippen molar-refractivity contribution in [1.29, 1.82) is 0 Å². The number of unbranched alkanes of at least 4 members (excludes halogenated alkanes) is 1. The minimum atomic E-state index is -0.143. The van der Waals surface area contributed by atoms with Crippen LogP contribution in [0.4, 0.5) is 5.69 Å². The summed E-state index contributed by atoms with van der Waals surface area (Å²) in [6.07, 6.45) is 7.81. The minimum Gasteiger partial charge on any atom is -0.489 e. The van der Waals surface area contributed by atoms with E-state index in [0.717, 1.165) is 42.7 Å². The molecule has 3 aromatic rings. The predicted octanol–water partition coefficient (Wildman–Crippen LogP) is 4.99. The Labute approximate surface area is 183 Å². The molecule has 0 bridgehead atoms. The summed E-state index contributed by atoms with van der Waals surface area (Å²) >= 11 is 0. The molecule has 0 radical (unpaired) electrons. The number of aryl methyl sites for hydroxylation is 1. The van der Waals surface area contributed by atoms with Gasteiger partial charge in [-0.25, -0.2) is 0 Å². The van der Waals surface area contributed by atoms with Crippen molar-refractivity contribution in [2.24, 2.45) is 0 Å². The highest BCUT2D eigenvalue weighted by Crippen LogP contribution is 2.35. The second kappa shape index (κ2) is 9.65. The van der Waals surface area contributed by atoms with Crippen molar-refractivity contribution in [1.82, 2.24) is 10.3 Å². The van der Waals surface area contributed by atoms with Crippen LogP contribution in [0.25, 0.3) is 0 Å². The number of pyridine rings is 1. The monoisotopic (exact) mass is 415 g/mol. The first-order valence-corrected chi connectivity index (χ1v) is 10.9. The number of hydrogen-bond acceptors (Lipinski definition) is 4. The fourth-order valence-corrected chi connectivity index (χ4v) is 3.90. The SMILES string of the molecule is CC1(CCCCc2ccccc2)COc2ccc(C(=O)NCc3ccncc3)cc2N1. The Morgan fingerprint density at radius 3 is 2.68 bits per heavy atom. The number of benzene rings is 2. The lowest BCUT2D eigenvalue weighted by Crippen LogP contribution is -2.44. The summed E-state index contributed by atoms with van der Waals surface area (Å²) in [5.41, 5.74) is 3.76. The van der Waals surface area contributed by atoms with Crippen LogP contribution in [0.3, 0.4) is 0 Å². The van der Waals surface area contributed by atoms with E-state index in [1.165, 1.54) is 5.56 Å². The van der Waals surface area contributed by atoms with Crippen LogP contribution in [0.5, 0.6) is 5.75 Å². The Morgan fingerprint density at radius 1 is 1.06 bits per heavy atom. The van der Waals surface area contributed by atoms with Crippen molar-refractivity contribution in [3.63, 3.8) is 0 Å². The number of nitrogens with zero attached hydrogens (tertiary/aromatic N) is 1. The molecule has 5 nitrogen and oxygen atoms in total. The van der Waals surface area contributed by atoms with Gasteiger partial charge in [0.1, 0.15) is 12.4 Å². The first-order chi connectivity index (χ1) is 15.1. The van der Waals surface area contributed by atoms with Crippen LogP contribution < -0.4 is 15.4 Å². The summed E-state index contributed by atoms with van der Waals surface area (Å²) < 4.78 is 6.02. The van der Waals surface area contributed by atoms with E-state index in [-0.39, 0.29) is 11.4 Å². The number of carbonyl (C=O) groups excluding carboxylic acids is 1. The number of ether oxygens (including phenoxy) is 1. The molecule has 1 unspecified atom stereocenters. The molecule has 0 aliphatic carbocycles. The maximum absolute atomic E-state index is 12.6. The number of rotatable bonds is 8. The molecule has 1 aliphatic rings. The van der Waals surface area contributed by atoms with Gasteiger partial charge in [-0.3, -0.25) is 9.78 Å². The Morgan fingerprint density at radius 2 is 1.87 bits per heavy atom. The van der Waals surface area contributed by atoms with E-state index in [4.69, 9.17) is 4.74 Å². The van der Waals surface area contributed by atoms with Gasteiger partial charge in [-0.15, -0.1) is 0 Å². The van der Waals surface area contributed by atoms with Crippen LogP contribution in [-0.2, 0) is 13.0 Å². The summed E-state index contributed by atoms with van der Waals surface area (Å²) in [4.78, 5) is 16.6. The number of nitrogens with one attached hydrogen (secondary N) is 2. The molecule has 1 aromatic heterocycles. The summed E-state index contributed by atoms with van der Waals surface area (Å²) in [6.45, 7) is 3.29. The highest BCUT2D eigenvalue weighted by molar-refractivity contribution is 5.95. The first-order valence-electron chi connectivity index (χ1n) is 10.9.